The third kappa shape index (κ3) is 4.46. The summed E-state index contributed by atoms with van der Waals surface area (Å²) in [6.45, 7) is 1.26. The van der Waals surface area contributed by atoms with Crippen LogP contribution in [0.15, 0.2) is 36.4 Å². The highest BCUT2D eigenvalue weighted by Crippen LogP contribution is 2.28. The number of carbonyl (C=O) groups excluding carboxylic acids is 2. The van der Waals surface area contributed by atoms with Crippen molar-refractivity contribution in [1.82, 2.24) is 9.78 Å². The van der Waals surface area contributed by atoms with Crippen molar-refractivity contribution < 1.29 is 31.9 Å². The average Bonchev–Trinajstić information content (AvgIpc) is 3.20. The minimum atomic E-state index is -1.73. The van der Waals surface area contributed by atoms with Crippen LogP contribution in [0, 0.1) is 23.3 Å². The lowest BCUT2D eigenvalue weighted by Gasteiger charge is -2.15. The zero-order valence-electron chi connectivity index (χ0n) is 17.5. The minimum absolute atomic E-state index is 0.0349. The molecule has 10 heteroatoms. The van der Waals surface area contributed by atoms with Crippen LogP contribution in [0.1, 0.15) is 41.5 Å². The SMILES string of the molecule is C[C@@H](OC(=O)c1nn(-c2ccc(F)cc2)c2c1CCCC2)C(=O)Nc1ccc(F)c(F)c1F. The van der Waals surface area contributed by atoms with E-state index in [4.69, 9.17) is 4.74 Å². The number of nitrogens with zero attached hydrogens (tertiary/aromatic N) is 2. The molecule has 0 fully saturated rings. The second kappa shape index (κ2) is 9.05. The molecule has 0 saturated heterocycles. The van der Waals surface area contributed by atoms with Crippen LogP contribution < -0.4 is 5.32 Å². The third-order valence-corrected chi connectivity index (χ3v) is 5.39. The summed E-state index contributed by atoms with van der Waals surface area (Å²) in [6.07, 6.45) is 1.61. The molecular weight excluding hydrogens is 442 g/mol. The van der Waals surface area contributed by atoms with Crippen LogP contribution in [0.5, 0.6) is 0 Å². The molecule has 1 heterocycles. The molecule has 6 nitrogen and oxygen atoms in total. The fraction of sp³-hybridized carbons (Fsp3) is 0.261. The van der Waals surface area contributed by atoms with E-state index >= 15 is 0 Å². The van der Waals surface area contributed by atoms with E-state index in [0.717, 1.165) is 24.6 Å². The molecule has 0 unspecified atom stereocenters. The van der Waals surface area contributed by atoms with Crippen molar-refractivity contribution in [1.29, 1.82) is 0 Å². The van der Waals surface area contributed by atoms with Crippen LogP contribution in [0.3, 0.4) is 0 Å². The zero-order valence-corrected chi connectivity index (χ0v) is 17.5. The van der Waals surface area contributed by atoms with Gasteiger partial charge in [0.15, 0.2) is 29.2 Å². The van der Waals surface area contributed by atoms with E-state index < -0.39 is 46.9 Å². The fourth-order valence-corrected chi connectivity index (χ4v) is 3.69. The van der Waals surface area contributed by atoms with Crippen molar-refractivity contribution in [2.24, 2.45) is 0 Å². The molecule has 1 aromatic heterocycles. The van der Waals surface area contributed by atoms with Gasteiger partial charge in [-0.3, -0.25) is 4.79 Å². The van der Waals surface area contributed by atoms with E-state index in [1.165, 1.54) is 19.1 Å². The minimum Gasteiger partial charge on any atom is -0.448 e. The molecule has 1 amide bonds. The normalized spacial score (nSPS) is 13.8. The van der Waals surface area contributed by atoms with Crippen LogP contribution in [-0.4, -0.2) is 27.8 Å². The van der Waals surface area contributed by atoms with Gasteiger partial charge < -0.3 is 10.1 Å². The predicted molar refractivity (Wildman–Crippen MR) is 110 cm³/mol. The highest BCUT2D eigenvalue weighted by Gasteiger charge is 2.29. The number of halogens is 4. The molecule has 33 heavy (non-hydrogen) atoms. The molecule has 1 aliphatic rings. The lowest BCUT2D eigenvalue weighted by Crippen LogP contribution is -2.31. The Hall–Kier alpha value is -3.69. The Morgan fingerprint density at radius 1 is 1.00 bits per heavy atom. The van der Waals surface area contributed by atoms with Crippen molar-refractivity contribution in [3.63, 3.8) is 0 Å². The van der Waals surface area contributed by atoms with Crippen molar-refractivity contribution in [3.8, 4) is 5.69 Å². The molecule has 0 saturated carbocycles. The molecule has 0 bridgehead atoms. The summed E-state index contributed by atoms with van der Waals surface area (Å²) in [5.41, 5.74) is 1.52. The monoisotopic (exact) mass is 461 g/mol. The number of aromatic nitrogens is 2. The number of benzene rings is 2. The summed E-state index contributed by atoms with van der Waals surface area (Å²) in [7, 11) is 0. The summed E-state index contributed by atoms with van der Waals surface area (Å²) in [5.74, 6) is -6.88. The molecule has 172 valence electrons. The maximum atomic E-state index is 13.8. The van der Waals surface area contributed by atoms with E-state index in [0.29, 0.717) is 30.2 Å². The number of ether oxygens (including phenoxy) is 1. The summed E-state index contributed by atoms with van der Waals surface area (Å²) < 4.78 is 60.4. The van der Waals surface area contributed by atoms with Gasteiger partial charge in [0, 0.05) is 11.3 Å². The first-order valence-corrected chi connectivity index (χ1v) is 10.3. The summed E-state index contributed by atoms with van der Waals surface area (Å²) in [4.78, 5) is 25.2. The Bertz CT molecular complexity index is 1220. The van der Waals surface area contributed by atoms with Crippen molar-refractivity contribution in [2.75, 3.05) is 5.32 Å². The Balaban J connectivity index is 1.54. The first-order valence-electron chi connectivity index (χ1n) is 10.3. The van der Waals surface area contributed by atoms with Gasteiger partial charge in [0.2, 0.25) is 0 Å². The number of carbonyl (C=O) groups is 2. The highest BCUT2D eigenvalue weighted by atomic mass is 19.2. The lowest BCUT2D eigenvalue weighted by molar-refractivity contribution is -0.123. The smallest absolute Gasteiger partial charge is 0.359 e. The molecule has 4 rings (SSSR count). The number of amides is 1. The summed E-state index contributed by atoms with van der Waals surface area (Å²) in [5, 5.41) is 6.43. The van der Waals surface area contributed by atoms with Crippen LogP contribution >= 0.6 is 0 Å². The Morgan fingerprint density at radius 2 is 1.70 bits per heavy atom. The number of hydrogen-bond acceptors (Lipinski definition) is 4. The first kappa shape index (κ1) is 22.5. The van der Waals surface area contributed by atoms with E-state index in [1.54, 1.807) is 16.8 Å². The summed E-state index contributed by atoms with van der Waals surface area (Å²) in [6, 6.07) is 7.18. The lowest BCUT2D eigenvalue weighted by atomic mass is 9.95. The van der Waals surface area contributed by atoms with Gasteiger partial charge in [-0.2, -0.15) is 5.10 Å². The molecule has 0 radical (unpaired) electrons. The average molecular weight is 461 g/mol. The van der Waals surface area contributed by atoms with Crippen molar-refractivity contribution in [2.45, 2.75) is 38.7 Å². The number of nitrogens with one attached hydrogen (secondary N) is 1. The van der Waals surface area contributed by atoms with Crippen LogP contribution in [0.25, 0.3) is 5.69 Å². The van der Waals surface area contributed by atoms with Gasteiger partial charge in [-0.05, 0) is 69.0 Å². The van der Waals surface area contributed by atoms with Crippen molar-refractivity contribution in [3.05, 3.63) is 76.6 Å². The molecule has 0 spiro atoms. The molecule has 0 aliphatic heterocycles. The van der Waals surface area contributed by atoms with Crippen LogP contribution in [0.2, 0.25) is 0 Å². The third-order valence-electron chi connectivity index (χ3n) is 5.39. The number of hydrogen-bond donors (Lipinski definition) is 1. The van der Waals surface area contributed by atoms with E-state index in [9.17, 15) is 27.2 Å². The van der Waals surface area contributed by atoms with Gasteiger partial charge in [-0.15, -0.1) is 0 Å². The van der Waals surface area contributed by atoms with E-state index in [1.807, 2.05) is 0 Å². The largest absolute Gasteiger partial charge is 0.448 e. The summed E-state index contributed by atoms with van der Waals surface area (Å²) >= 11 is 0. The van der Waals surface area contributed by atoms with Gasteiger partial charge in [0.1, 0.15) is 5.82 Å². The van der Waals surface area contributed by atoms with Gasteiger partial charge in [0.05, 0.1) is 11.4 Å². The second-order valence-electron chi connectivity index (χ2n) is 7.63. The van der Waals surface area contributed by atoms with Crippen molar-refractivity contribution >= 4 is 17.6 Å². The second-order valence-corrected chi connectivity index (χ2v) is 7.63. The zero-order chi connectivity index (χ0) is 23.7. The quantitative estimate of drug-likeness (QED) is 0.345. The Labute approximate surface area is 186 Å². The Morgan fingerprint density at radius 3 is 2.42 bits per heavy atom. The molecular formula is C23H19F4N3O3. The molecule has 3 aromatic rings. The van der Waals surface area contributed by atoms with Crippen LogP contribution in [-0.2, 0) is 22.4 Å². The molecule has 1 aliphatic carbocycles. The molecule has 1 N–H and O–H groups in total. The van der Waals surface area contributed by atoms with Gasteiger partial charge in [-0.25, -0.2) is 27.0 Å². The maximum absolute atomic E-state index is 13.8. The standard InChI is InChI=1S/C23H19F4N3O3/c1-12(22(31)28-17-11-10-16(25)19(26)20(17)27)33-23(32)21-15-4-2-3-5-18(15)30(29-21)14-8-6-13(24)7-9-14/h6-12H,2-5H2,1H3,(H,28,31)/t12-/m1/s1. The number of fused-ring (bicyclic) bond motifs is 1. The first-order chi connectivity index (χ1) is 15.8. The molecule has 1 atom stereocenters. The topological polar surface area (TPSA) is 73.2 Å². The Kier molecular flexibility index (Phi) is 6.17. The van der Waals surface area contributed by atoms with Gasteiger partial charge in [0.25, 0.3) is 5.91 Å². The maximum Gasteiger partial charge on any atom is 0.359 e. The number of esters is 1. The van der Waals surface area contributed by atoms with Crippen LogP contribution in [0.4, 0.5) is 23.2 Å². The fourth-order valence-electron chi connectivity index (χ4n) is 3.69. The van der Waals surface area contributed by atoms with E-state index in [-0.39, 0.29) is 5.69 Å². The van der Waals surface area contributed by atoms with E-state index in [2.05, 4.69) is 10.4 Å². The highest BCUT2D eigenvalue weighted by molar-refractivity contribution is 5.97. The van der Waals surface area contributed by atoms with Gasteiger partial charge in [-0.1, -0.05) is 0 Å². The van der Waals surface area contributed by atoms with Gasteiger partial charge >= 0.3 is 5.97 Å². The molecule has 2 aromatic carbocycles. The number of anilines is 1. The predicted octanol–water partition coefficient (Wildman–Crippen LogP) is 4.49. The number of rotatable bonds is 5.